The lowest BCUT2D eigenvalue weighted by atomic mass is 10.3. The third-order valence-corrected chi connectivity index (χ3v) is 4.65. The van der Waals surface area contributed by atoms with E-state index in [-0.39, 0.29) is 11.2 Å². The van der Waals surface area contributed by atoms with Crippen LogP contribution in [-0.4, -0.2) is 16.1 Å². The number of aromatic nitrogens is 1. The number of rotatable bonds is 4. The van der Waals surface area contributed by atoms with Gasteiger partial charge in [-0.2, -0.15) is 0 Å². The minimum Gasteiger partial charge on any atom is -0.324 e. The maximum atomic E-state index is 12.2. The average Bonchev–Trinajstić information content (AvgIpc) is 2.44. The van der Waals surface area contributed by atoms with Crippen LogP contribution in [0.1, 0.15) is 6.92 Å². The Labute approximate surface area is 142 Å². The van der Waals surface area contributed by atoms with E-state index in [1.807, 2.05) is 0 Å². The molecule has 0 aliphatic heterocycles. The SMILES string of the molecule is CC(Sc1ncccc1Cl)C(=O)Nc1ccc(Cl)cc1Cl. The highest BCUT2D eigenvalue weighted by Crippen LogP contribution is 2.30. The van der Waals surface area contributed by atoms with E-state index in [2.05, 4.69) is 10.3 Å². The predicted molar refractivity (Wildman–Crippen MR) is 89.7 cm³/mol. The summed E-state index contributed by atoms with van der Waals surface area (Å²) in [4.78, 5) is 16.3. The first-order chi connectivity index (χ1) is 9.97. The van der Waals surface area contributed by atoms with E-state index < -0.39 is 0 Å². The van der Waals surface area contributed by atoms with E-state index in [9.17, 15) is 4.79 Å². The van der Waals surface area contributed by atoms with Crippen LogP contribution in [0.15, 0.2) is 41.6 Å². The lowest BCUT2D eigenvalue weighted by molar-refractivity contribution is -0.115. The van der Waals surface area contributed by atoms with Gasteiger partial charge < -0.3 is 5.32 Å². The van der Waals surface area contributed by atoms with Gasteiger partial charge in [-0.3, -0.25) is 4.79 Å². The summed E-state index contributed by atoms with van der Waals surface area (Å²) in [5.41, 5.74) is 0.519. The highest BCUT2D eigenvalue weighted by Gasteiger charge is 2.17. The van der Waals surface area contributed by atoms with Crippen molar-refractivity contribution in [3.63, 3.8) is 0 Å². The van der Waals surface area contributed by atoms with Gasteiger partial charge in [-0.25, -0.2) is 4.98 Å². The molecule has 0 aliphatic carbocycles. The van der Waals surface area contributed by atoms with Gasteiger partial charge in [0.2, 0.25) is 5.91 Å². The molecule has 21 heavy (non-hydrogen) atoms. The molecule has 1 aromatic heterocycles. The summed E-state index contributed by atoms with van der Waals surface area (Å²) in [7, 11) is 0. The van der Waals surface area contributed by atoms with E-state index in [0.717, 1.165) is 0 Å². The fourth-order valence-electron chi connectivity index (χ4n) is 1.50. The summed E-state index contributed by atoms with van der Waals surface area (Å²) in [6.45, 7) is 1.77. The van der Waals surface area contributed by atoms with Crippen molar-refractivity contribution in [3.8, 4) is 0 Å². The molecular formula is C14H11Cl3N2OS. The molecule has 1 amide bonds. The Morgan fingerprint density at radius 2 is 2.00 bits per heavy atom. The molecule has 7 heteroatoms. The molecule has 0 aliphatic rings. The topological polar surface area (TPSA) is 42.0 Å². The van der Waals surface area contributed by atoms with Gasteiger partial charge in [0.15, 0.2) is 0 Å². The van der Waals surface area contributed by atoms with E-state index in [1.54, 1.807) is 43.5 Å². The lowest BCUT2D eigenvalue weighted by Crippen LogP contribution is -2.22. The Kier molecular flexibility index (Phi) is 5.76. The number of carbonyl (C=O) groups excluding carboxylic acids is 1. The third kappa shape index (κ3) is 4.51. The van der Waals surface area contributed by atoms with Gasteiger partial charge in [0, 0.05) is 11.2 Å². The molecule has 110 valence electrons. The number of pyridine rings is 1. The van der Waals surface area contributed by atoms with Crippen molar-refractivity contribution in [2.45, 2.75) is 17.2 Å². The van der Waals surface area contributed by atoms with Crippen LogP contribution < -0.4 is 5.32 Å². The van der Waals surface area contributed by atoms with Gasteiger partial charge in [0.05, 0.1) is 21.0 Å². The van der Waals surface area contributed by atoms with Crippen LogP contribution in [0.3, 0.4) is 0 Å². The van der Waals surface area contributed by atoms with Crippen molar-refractivity contribution in [1.82, 2.24) is 4.98 Å². The van der Waals surface area contributed by atoms with Gasteiger partial charge >= 0.3 is 0 Å². The van der Waals surface area contributed by atoms with Gasteiger partial charge in [-0.05, 0) is 37.3 Å². The molecule has 1 N–H and O–H groups in total. The van der Waals surface area contributed by atoms with Crippen molar-refractivity contribution >= 4 is 58.2 Å². The molecule has 2 aromatic rings. The number of hydrogen-bond acceptors (Lipinski definition) is 3. The molecule has 3 nitrogen and oxygen atoms in total. The summed E-state index contributed by atoms with van der Waals surface area (Å²) >= 11 is 19.1. The molecule has 0 saturated heterocycles. The first-order valence-corrected chi connectivity index (χ1v) is 8.02. The molecule has 0 radical (unpaired) electrons. The summed E-state index contributed by atoms with van der Waals surface area (Å²) in [6, 6.07) is 8.37. The van der Waals surface area contributed by atoms with Crippen LogP contribution in [0.25, 0.3) is 0 Å². The highest BCUT2D eigenvalue weighted by molar-refractivity contribution is 8.00. The number of anilines is 1. The van der Waals surface area contributed by atoms with E-state index in [0.29, 0.717) is 25.8 Å². The summed E-state index contributed by atoms with van der Waals surface area (Å²) in [5.74, 6) is -0.189. The van der Waals surface area contributed by atoms with Crippen molar-refractivity contribution in [2.24, 2.45) is 0 Å². The first-order valence-electron chi connectivity index (χ1n) is 6.00. The average molecular weight is 362 g/mol. The molecule has 0 bridgehead atoms. The van der Waals surface area contributed by atoms with Crippen LogP contribution in [0.5, 0.6) is 0 Å². The standard InChI is InChI=1S/C14H11Cl3N2OS/c1-8(21-14-10(16)3-2-6-18-14)13(20)19-12-5-4-9(15)7-11(12)17/h2-8H,1H3,(H,19,20). The molecule has 2 rings (SSSR count). The van der Waals surface area contributed by atoms with Crippen LogP contribution in [0.2, 0.25) is 15.1 Å². The van der Waals surface area contributed by atoms with Crippen molar-refractivity contribution in [1.29, 1.82) is 0 Å². The van der Waals surface area contributed by atoms with Crippen molar-refractivity contribution in [3.05, 3.63) is 51.6 Å². The normalized spacial score (nSPS) is 12.0. The van der Waals surface area contributed by atoms with Crippen LogP contribution in [0, 0.1) is 0 Å². The van der Waals surface area contributed by atoms with Crippen molar-refractivity contribution in [2.75, 3.05) is 5.32 Å². The molecular weight excluding hydrogens is 351 g/mol. The number of benzene rings is 1. The predicted octanol–water partition coefficient (Wildman–Crippen LogP) is 5.16. The number of hydrogen-bond donors (Lipinski definition) is 1. The zero-order valence-corrected chi connectivity index (χ0v) is 14.0. The van der Waals surface area contributed by atoms with Gasteiger partial charge in [0.25, 0.3) is 0 Å². The van der Waals surface area contributed by atoms with Crippen LogP contribution >= 0.6 is 46.6 Å². The van der Waals surface area contributed by atoms with Gasteiger partial charge in [-0.1, -0.05) is 46.6 Å². The number of halogens is 3. The van der Waals surface area contributed by atoms with Gasteiger partial charge in [-0.15, -0.1) is 0 Å². The molecule has 1 unspecified atom stereocenters. The quantitative estimate of drug-likeness (QED) is 0.765. The van der Waals surface area contributed by atoms with E-state index in [4.69, 9.17) is 34.8 Å². The van der Waals surface area contributed by atoms with Crippen LogP contribution in [-0.2, 0) is 4.79 Å². The minimum absolute atomic E-state index is 0.189. The fraction of sp³-hybridized carbons (Fsp3) is 0.143. The molecule has 1 heterocycles. The Balaban J connectivity index is 2.04. The second-order valence-electron chi connectivity index (χ2n) is 4.16. The number of amides is 1. The number of thioether (sulfide) groups is 1. The number of nitrogens with one attached hydrogen (secondary N) is 1. The monoisotopic (exact) mass is 360 g/mol. The van der Waals surface area contributed by atoms with Crippen LogP contribution in [0.4, 0.5) is 5.69 Å². The summed E-state index contributed by atoms with van der Waals surface area (Å²) < 4.78 is 0. The summed E-state index contributed by atoms with van der Waals surface area (Å²) in [6.07, 6.45) is 1.63. The molecule has 1 atom stereocenters. The van der Waals surface area contributed by atoms with E-state index >= 15 is 0 Å². The smallest absolute Gasteiger partial charge is 0.237 e. The maximum absolute atomic E-state index is 12.2. The largest absolute Gasteiger partial charge is 0.324 e. The second kappa shape index (κ2) is 7.36. The molecule has 0 saturated carbocycles. The third-order valence-electron chi connectivity index (χ3n) is 2.57. The highest BCUT2D eigenvalue weighted by atomic mass is 35.5. The first kappa shape index (κ1) is 16.4. The summed E-state index contributed by atoms with van der Waals surface area (Å²) in [5, 5.41) is 4.43. The number of nitrogens with zero attached hydrogens (tertiary/aromatic N) is 1. The Bertz CT molecular complexity index is 666. The van der Waals surface area contributed by atoms with Gasteiger partial charge in [0.1, 0.15) is 5.03 Å². The molecule has 0 fully saturated rings. The van der Waals surface area contributed by atoms with Crippen molar-refractivity contribution < 1.29 is 4.79 Å². The zero-order valence-electron chi connectivity index (χ0n) is 10.9. The lowest BCUT2D eigenvalue weighted by Gasteiger charge is -2.13. The maximum Gasteiger partial charge on any atom is 0.237 e. The minimum atomic E-state index is -0.371. The molecule has 0 spiro atoms. The molecule has 1 aromatic carbocycles. The fourth-order valence-corrected chi connectivity index (χ4v) is 3.02. The zero-order chi connectivity index (χ0) is 15.4. The Morgan fingerprint density at radius 3 is 2.67 bits per heavy atom. The number of carbonyl (C=O) groups is 1. The van der Waals surface area contributed by atoms with E-state index in [1.165, 1.54) is 11.8 Å². The second-order valence-corrected chi connectivity index (χ2v) is 6.74. The Morgan fingerprint density at radius 1 is 1.24 bits per heavy atom. The Hall–Kier alpha value is -0.940.